The fraction of sp³-hybridized carbons (Fsp3) is 0.243. The summed E-state index contributed by atoms with van der Waals surface area (Å²) in [5.74, 6) is 2.34. The summed E-state index contributed by atoms with van der Waals surface area (Å²) in [6.07, 6.45) is 4.85. The number of allylic oxidation sites excluding steroid dienone is 1. The lowest BCUT2D eigenvalue weighted by atomic mass is 9.96. The highest BCUT2D eigenvalue weighted by molar-refractivity contribution is 5.83. The van der Waals surface area contributed by atoms with Crippen LogP contribution in [0.5, 0.6) is 23.1 Å². The minimum atomic E-state index is -0.526. The van der Waals surface area contributed by atoms with Gasteiger partial charge in [0, 0.05) is 23.3 Å². The van der Waals surface area contributed by atoms with Crippen molar-refractivity contribution in [1.29, 1.82) is 0 Å². The number of fused-ring (bicyclic) bond motifs is 1. The van der Waals surface area contributed by atoms with E-state index in [4.69, 9.17) is 24.3 Å². The van der Waals surface area contributed by atoms with Crippen molar-refractivity contribution in [2.45, 2.75) is 47.0 Å². The van der Waals surface area contributed by atoms with Crippen molar-refractivity contribution in [2.75, 3.05) is 13.2 Å². The molecule has 0 N–H and O–H groups in total. The molecule has 0 saturated heterocycles. The molecule has 0 saturated carbocycles. The highest BCUT2D eigenvalue weighted by atomic mass is 16.6. The molecule has 0 fully saturated rings. The van der Waals surface area contributed by atoms with Gasteiger partial charge in [0.15, 0.2) is 17.3 Å². The molecule has 0 radical (unpaired) electrons. The molecule has 11 nitrogen and oxygen atoms in total. The van der Waals surface area contributed by atoms with E-state index in [1.165, 1.54) is 16.8 Å². The number of rotatable bonds is 13. The van der Waals surface area contributed by atoms with Crippen molar-refractivity contribution in [1.82, 2.24) is 14.6 Å². The molecule has 0 atom stereocenters. The van der Waals surface area contributed by atoms with E-state index < -0.39 is 4.92 Å². The van der Waals surface area contributed by atoms with Gasteiger partial charge in [0.2, 0.25) is 5.88 Å². The number of nitro groups is 1. The fourth-order valence-electron chi connectivity index (χ4n) is 5.29. The molecule has 3 aromatic carbocycles. The van der Waals surface area contributed by atoms with E-state index >= 15 is 0 Å². The molecule has 0 aliphatic heterocycles. The van der Waals surface area contributed by atoms with E-state index in [0.29, 0.717) is 59.0 Å². The Hall–Kier alpha value is -5.84. The summed E-state index contributed by atoms with van der Waals surface area (Å²) in [5, 5.41) is 16.2. The molecule has 5 aromatic rings. The summed E-state index contributed by atoms with van der Waals surface area (Å²) in [6, 6.07) is 17.6. The van der Waals surface area contributed by atoms with Crippen LogP contribution in [0.15, 0.2) is 89.4 Å². The Bertz CT molecular complexity index is 2070. The highest BCUT2D eigenvalue weighted by Crippen LogP contribution is 2.37. The van der Waals surface area contributed by atoms with E-state index in [0.717, 1.165) is 28.6 Å². The van der Waals surface area contributed by atoms with Crippen LogP contribution < -0.4 is 19.8 Å². The van der Waals surface area contributed by atoms with E-state index in [-0.39, 0.29) is 23.0 Å². The second-order valence-corrected chi connectivity index (χ2v) is 11.3. The molecule has 11 heteroatoms. The molecule has 0 amide bonds. The molecule has 0 spiro atoms. The molecular formula is C37H37N5O6. The standard InChI is InChI=1S/C37H37N5O6/c1-7-12-26-18-25(19-33(47-9-3)35(26)48-34-16-15-27(22-38-34)42(44)45)21-39-41-36(40-31-14-11-10-13-28(31)37(41)43)30-20-29(23(4)5)32(46-8-2)17-24(30)6/h7,10-11,13-23H,1,8-9,12H2,2-6H3. The molecule has 0 bridgehead atoms. The maximum absolute atomic E-state index is 14.0. The van der Waals surface area contributed by atoms with E-state index in [1.807, 2.05) is 51.1 Å². The van der Waals surface area contributed by atoms with Crippen LogP contribution in [0.25, 0.3) is 22.3 Å². The molecule has 5 rings (SSSR count). The first-order chi connectivity index (χ1) is 23.1. The number of ether oxygens (including phenoxy) is 3. The minimum Gasteiger partial charge on any atom is -0.494 e. The number of hydrogen-bond donors (Lipinski definition) is 0. The summed E-state index contributed by atoms with van der Waals surface area (Å²) in [4.78, 5) is 33.6. The minimum absolute atomic E-state index is 0.149. The number of hydrogen-bond acceptors (Lipinski definition) is 9. The first kappa shape index (κ1) is 33.5. The highest BCUT2D eigenvalue weighted by Gasteiger charge is 2.20. The van der Waals surface area contributed by atoms with Gasteiger partial charge in [-0.15, -0.1) is 6.58 Å². The quantitative estimate of drug-likeness (QED) is 0.0544. The van der Waals surface area contributed by atoms with Crippen molar-refractivity contribution in [3.8, 4) is 34.5 Å². The number of pyridine rings is 1. The molecule has 0 unspecified atom stereocenters. The molecule has 246 valence electrons. The van der Waals surface area contributed by atoms with Gasteiger partial charge in [-0.2, -0.15) is 9.78 Å². The van der Waals surface area contributed by atoms with Crippen molar-refractivity contribution < 1.29 is 19.1 Å². The van der Waals surface area contributed by atoms with Crippen LogP contribution in [-0.4, -0.2) is 39.0 Å². The summed E-state index contributed by atoms with van der Waals surface area (Å²) >= 11 is 0. The summed E-state index contributed by atoms with van der Waals surface area (Å²) < 4.78 is 19.3. The average Bonchev–Trinajstić information content (AvgIpc) is 3.06. The SMILES string of the molecule is C=CCc1cc(C=Nn2c(-c3cc(C(C)C)c(OCC)cc3C)nc3ccccc3c2=O)cc(OCC)c1Oc1ccc([N+](=O)[O-])cn1. The third-order valence-corrected chi connectivity index (χ3v) is 7.55. The maximum atomic E-state index is 14.0. The van der Waals surface area contributed by atoms with Crippen LogP contribution in [0.2, 0.25) is 0 Å². The van der Waals surface area contributed by atoms with Gasteiger partial charge in [-0.05, 0) is 86.2 Å². The lowest BCUT2D eigenvalue weighted by Crippen LogP contribution is -2.21. The van der Waals surface area contributed by atoms with Gasteiger partial charge in [-0.1, -0.05) is 32.1 Å². The van der Waals surface area contributed by atoms with Crippen molar-refractivity contribution >= 4 is 22.8 Å². The lowest BCUT2D eigenvalue weighted by Gasteiger charge is -2.18. The van der Waals surface area contributed by atoms with Gasteiger partial charge in [0.1, 0.15) is 11.9 Å². The zero-order chi connectivity index (χ0) is 34.4. The van der Waals surface area contributed by atoms with Gasteiger partial charge >= 0.3 is 0 Å². The maximum Gasteiger partial charge on any atom is 0.287 e. The zero-order valence-electron chi connectivity index (χ0n) is 27.6. The molecular weight excluding hydrogens is 610 g/mol. The normalized spacial score (nSPS) is 11.3. The third-order valence-electron chi connectivity index (χ3n) is 7.55. The second-order valence-electron chi connectivity index (χ2n) is 11.3. The summed E-state index contributed by atoms with van der Waals surface area (Å²) in [5.41, 5.74) is 4.12. The molecule has 2 aromatic heterocycles. The van der Waals surface area contributed by atoms with Crippen molar-refractivity contribution in [3.05, 3.63) is 122 Å². The van der Waals surface area contributed by atoms with Crippen LogP contribution in [-0.2, 0) is 6.42 Å². The van der Waals surface area contributed by atoms with E-state index in [1.54, 1.807) is 30.5 Å². The van der Waals surface area contributed by atoms with E-state index in [2.05, 4.69) is 25.4 Å². The first-order valence-corrected chi connectivity index (χ1v) is 15.7. The van der Waals surface area contributed by atoms with Gasteiger partial charge in [0.05, 0.1) is 35.3 Å². The molecule has 2 heterocycles. The van der Waals surface area contributed by atoms with E-state index in [9.17, 15) is 14.9 Å². The fourth-order valence-corrected chi connectivity index (χ4v) is 5.29. The Kier molecular flexibility index (Phi) is 10.3. The Balaban J connectivity index is 1.65. The van der Waals surface area contributed by atoms with Crippen LogP contribution >= 0.6 is 0 Å². The molecule has 0 aliphatic rings. The smallest absolute Gasteiger partial charge is 0.287 e. The Morgan fingerprint density at radius 3 is 2.46 bits per heavy atom. The van der Waals surface area contributed by atoms with Crippen molar-refractivity contribution in [3.63, 3.8) is 0 Å². The third kappa shape index (κ3) is 7.10. The number of para-hydroxylation sites is 1. The topological polar surface area (TPSA) is 131 Å². The van der Waals surface area contributed by atoms with Crippen LogP contribution in [0.4, 0.5) is 5.69 Å². The van der Waals surface area contributed by atoms with Crippen LogP contribution in [0, 0.1) is 17.0 Å². The summed E-state index contributed by atoms with van der Waals surface area (Å²) in [6.45, 7) is 14.7. The van der Waals surface area contributed by atoms with Gasteiger partial charge in [-0.25, -0.2) is 9.97 Å². The predicted octanol–water partition coefficient (Wildman–Crippen LogP) is 8.00. The number of nitrogens with zero attached hydrogens (tertiary/aromatic N) is 5. The largest absolute Gasteiger partial charge is 0.494 e. The van der Waals surface area contributed by atoms with Gasteiger partial charge in [-0.3, -0.25) is 14.9 Å². The lowest BCUT2D eigenvalue weighted by molar-refractivity contribution is -0.385. The monoisotopic (exact) mass is 647 g/mol. The van der Waals surface area contributed by atoms with Gasteiger partial charge in [0.25, 0.3) is 11.2 Å². The Morgan fingerprint density at radius 2 is 1.79 bits per heavy atom. The zero-order valence-corrected chi connectivity index (χ0v) is 27.6. The molecule has 0 aliphatic carbocycles. The first-order valence-electron chi connectivity index (χ1n) is 15.7. The number of aryl methyl sites for hydroxylation is 1. The molecule has 48 heavy (non-hydrogen) atoms. The van der Waals surface area contributed by atoms with Crippen molar-refractivity contribution in [2.24, 2.45) is 5.10 Å². The second kappa shape index (κ2) is 14.7. The predicted molar refractivity (Wildman–Crippen MR) is 187 cm³/mol. The van der Waals surface area contributed by atoms with Crippen LogP contribution in [0.3, 0.4) is 0 Å². The average molecular weight is 648 g/mol. The number of aromatic nitrogens is 3. The Morgan fingerprint density at radius 1 is 1.04 bits per heavy atom. The van der Waals surface area contributed by atoms with Gasteiger partial charge < -0.3 is 14.2 Å². The van der Waals surface area contributed by atoms with Crippen LogP contribution in [0.1, 0.15) is 55.9 Å². The Labute approximate surface area is 278 Å². The number of benzene rings is 3. The summed E-state index contributed by atoms with van der Waals surface area (Å²) in [7, 11) is 0.